The van der Waals surface area contributed by atoms with Crippen molar-refractivity contribution in [2.75, 3.05) is 14.1 Å². The van der Waals surface area contributed by atoms with Gasteiger partial charge in [-0.25, -0.2) is 8.51 Å². The van der Waals surface area contributed by atoms with E-state index in [0.717, 1.165) is 24.3 Å². The fourth-order valence-corrected chi connectivity index (χ4v) is 3.53. The molecule has 134 valence electrons. The summed E-state index contributed by atoms with van der Waals surface area (Å²) in [5.74, 6) is 0. The van der Waals surface area contributed by atoms with Gasteiger partial charge in [0.05, 0.1) is 21.1 Å². The van der Waals surface area contributed by atoms with Crippen molar-refractivity contribution in [3.8, 4) is 0 Å². The zero-order chi connectivity index (χ0) is 18.8. The SMILES string of the molecule is CN(C)[S@@](=O)(=Nc1ccc(C(F)(F)F)cc1)c1ccc([N+](=O)[O-])cc1. The van der Waals surface area contributed by atoms with Crippen LogP contribution in [-0.2, 0) is 16.1 Å². The summed E-state index contributed by atoms with van der Waals surface area (Å²) < 4.78 is 56.4. The van der Waals surface area contributed by atoms with Crippen molar-refractivity contribution < 1.29 is 22.3 Å². The second-order valence-electron chi connectivity index (χ2n) is 5.20. The van der Waals surface area contributed by atoms with Gasteiger partial charge in [-0.05, 0) is 36.4 Å². The number of hydrogen-bond donors (Lipinski definition) is 0. The minimum Gasteiger partial charge on any atom is -0.258 e. The van der Waals surface area contributed by atoms with Crippen LogP contribution in [0.25, 0.3) is 0 Å². The minimum atomic E-state index is -4.47. The van der Waals surface area contributed by atoms with Gasteiger partial charge < -0.3 is 0 Å². The van der Waals surface area contributed by atoms with E-state index in [2.05, 4.69) is 4.36 Å². The number of hydrogen-bond acceptors (Lipinski definition) is 4. The van der Waals surface area contributed by atoms with Crippen LogP contribution in [-0.4, -0.2) is 27.5 Å². The number of nitrogens with zero attached hydrogens (tertiary/aromatic N) is 3. The molecule has 0 saturated carbocycles. The number of nitro benzene ring substituents is 1. The summed E-state index contributed by atoms with van der Waals surface area (Å²) >= 11 is 0. The average Bonchev–Trinajstić information content (AvgIpc) is 2.54. The fraction of sp³-hybridized carbons (Fsp3) is 0.200. The molecule has 0 aliphatic rings. The molecule has 2 rings (SSSR count). The molecular formula is C15H14F3N3O3S. The summed E-state index contributed by atoms with van der Waals surface area (Å²) in [6.45, 7) is 0. The van der Waals surface area contributed by atoms with Gasteiger partial charge in [0.25, 0.3) is 5.69 Å². The molecule has 0 bridgehead atoms. The van der Waals surface area contributed by atoms with Crippen LogP contribution in [0.2, 0.25) is 0 Å². The van der Waals surface area contributed by atoms with Gasteiger partial charge in [-0.15, -0.1) is 0 Å². The summed E-state index contributed by atoms with van der Waals surface area (Å²) in [4.78, 5) is 10.3. The highest BCUT2D eigenvalue weighted by atomic mass is 32.2. The topological polar surface area (TPSA) is 75.8 Å². The van der Waals surface area contributed by atoms with Crippen LogP contribution in [0, 0.1) is 10.1 Å². The van der Waals surface area contributed by atoms with E-state index >= 15 is 0 Å². The van der Waals surface area contributed by atoms with Crippen molar-refractivity contribution in [1.82, 2.24) is 4.31 Å². The Morgan fingerprint density at radius 2 is 1.56 bits per heavy atom. The molecule has 0 N–H and O–H groups in total. The van der Waals surface area contributed by atoms with E-state index in [1.165, 1.54) is 42.7 Å². The molecule has 6 nitrogen and oxygen atoms in total. The van der Waals surface area contributed by atoms with E-state index in [1.807, 2.05) is 0 Å². The van der Waals surface area contributed by atoms with Crippen LogP contribution in [0.4, 0.5) is 24.5 Å². The molecule has 0 radical (unpaired) electrons. The maximum absolute atomic E-state index is 13.2. The van der Waals surface area contributed by atoms with Crippen molar-refractivity contribution in [1.29, 1.82) is 0 Å². The molecule has 0 unspecified atom stereocenters. The Morgan fingerprint density at radius 1 is 1.04 bits per heavy atom. The molecule has 0 heterocycles. The Labute approximate surface area is 142 Å². The monoisotopic (exact) mass is 373 g/mol. The number of non-ortho nitro benzene ring substituents is 1. The first-order valence-corrected chi connectivity index (χ1v) is 8.37. The Bertz CT molecular complexity index is 885. The normalized spacial score (nSPS) is 14.2. The standard InChI is InChI=1S/C15H14F3N3O3S/c1-20(2)25(24,14-9-7-13(8-10-14)21(22)23)19-12-5-3-11(4-6-12)15(16,17)18/h3-10H,1-2H3/t25-/m0/s1. The first-order chi connectivity index (χ1) is 11.5. The van der Waals surface area contributed by atoms with Crippen molar-refractivity contribution in [3.05, 3.63) is 64.2 Å². The lowest BCUT2D eigenvalue weighted by Crippen LogP contribution is -2.22. The number of halogens is 3. The third kappa shape index (κ3) is 4.15. The van der Waals surface area contributed by atoms with Gasteiger partial charge in [0.15, 0.2) is 0 Å². The summed E-state index contributed by atoms with van der Waals surface area (Å²) in [5.41, 5.74) is -0.901. The molecule has 0 aromatic heterocycles. The zero-order valence-corrected chi connectivity index (χ0v) is 14.0. The molecule has 0 spiro atoms. The number of rotatable bonds is 4. The van der Waals surface area contributed by atoms with Crippen molar-refractivity contribution >= 4 is 21.3 Å². The van der Waals surface area contributed by atoms with E-state index in [0.29, 0.717) is 0 Å². The largest absolute Gasteiger partial charge is 0.416 e. The van der Waals surface area contributed by atoms with Crippen LogP contribution in [0.1, 0.15) is 5.56 Å². The molecule has 0 aliphatic heterocycles. The van der Waals surface area contributed by atoms with Crippen molar-refractivity contribution in [2.24, 2.45) is 4.36 Å². The smallest absolute Gasteiger partial charge is 0.258 e. The number of alkyl halides is 3. The molecule has 25 heavy (non-hydrogen) atoms. The lowest BCUT2D eigenvalue weighted by Gasteiger charge is -2.17. The lowest BCUT2D eigenvalue weighted by molar-refractivity contribution is -0.384. The van der Waals surface area contributed by atoms with E-state index < -0.39 is 26.6 Å². The molecule has 0 aliphatic carbocycles. The summed E-state index contributed by atoms with van der Waals surface area (Å²) in [7, 11) is -0.179. The maximum Gasteiger partial charge on any atom is 0.416 e. The Kier molecular flexibility index (Phi) is 5.14. The predicted octanol–water partition coefficient (Wildman–Crippen LogP) is 4.25. The summed E-state index contributed by atoms with van der Waals surface area (Å²) in [5, 5.41) is 10.7. The molecule has 0 saturated heterocycles. The minimum absolute atomic E-state index is 0.102. The van der Waals surface area contributed by atoms with E-state index in [9.17, 15) is 27.5 Å². The van der Waals surface area contributed by atoms with E-state index in [4.69, 9.17) is 0 Å². The van der Waals surface area contributed by atoms with Crippen LogP contribution in [0.5, 0.6) is 0 Å². The van der Waals surface area contributed by atoms with E-state index in [-0.39, 0.29) is 16.3 Å². The molecule has 10 heteroatoms. The summed E-state index contributed by atoms with van der Waals surface area (Å²) in [6.07, 6.45) is -4.47. The van der Waals surface area contributed by atoms with Crippen molar-refractivity contribution in [2.45, 2.75) is 11.1 Å². The van der Waals surface area contributed by atoms with E-state index in [1.54, 1.807) is 0 Å². The molecular weight excluding hydrogens is 359 g/mol. The fourth-order valence-electron chi connectivity index (χ4n) is 1.94. The predicted molar refractivity (Wildman–Crippen MR) is 86.7 cm³/mol. The van der Waals surface area contributed by atoms with Gasteiger partial charge in [-0.2, -0.15) is 17.5 Å². The maximum atomic E-state index is 13.2. The van der Waals surface area contributed by atoms with Gasteiger partial charge in [0, 0.05) is 26.2 Å². The second kappa shape index (κ2) is 6.81. The van der Waals surface area contributed by atoms with Crippen LogP contribution in [0.3, 0.4) is 0 Å². The second-order valence-corrected chi connectivity index (χ2v) is 7.57. The average molecular weight is 373 g/mol. The van der Waals surface area contributed by atoms with Gasteiger partial charge in [-0.3, -0.25) is 10.1 Å². The molecule has 2 aromatic rings. The highest BCUT2D eigenvalue weighted by Crippen LogP contribution is 2.31. The number of nitro groups is 1. The van der Waals surface area contributed by atoms with Crippen LogP contribution in [0.15, 0.2) is 57.8 Å². The van der Waals surface area contributed by atoms with Gasteiger partial charge in [0.1, 0.15) is 9.92 Å². The Hall–Kier alpha value is -2.46. The molecule has 2 aromatic carbocycles. The summed E-state index contributed by atoms with van der Waals surface area (Å²) in [6, 6.07) is 8.96. The van der Waals surface area contributed by atoms with Crippen LogP contribution < -0.4 is 0 Å². The highest BCUT2D eigenvalue weighted by molar-refractivity contribution is 7.91. The number of benzene rings is 2. The first-order valence-electron chi connectivity index (χ1n) is 6.90. The molecule has 0 fully saturated rings. The van der Waals surface area contributed by atoms with Crippen molar-refractivity contribution in [3.63, 3.8) is 0 Å². The highest BCUT2D eigenvalue weighted by Gasteiger charge is 2.30. The van der Waals surface area contributed by atoms with Crippen LogP contribution >= 0.6 is 0 Å². The van der Waals surface area contributed by atoms with Gasteiger partial charge in [0.2, 0.25) is 0 Å². The van der Waals surface area contributed by atoms with Gasteiger partial charge in [-0.1, -0.05) is 0 Å². The quantitative estimate of drug-likeness (QED) is 0.594. The Balaban J connectivity index is 2.50. The third-order valence-corrected chi connectivity index (χ3v) is 5.61. The Morgan fingerprint density at radius 3 is 1.96 bits per heavy atom. The first kappa shape index (κ1) is 18.9. The molecule has 1 atom stereocenters. The third-order valence-electron chi connectivity index (χ3n) is 3.27. The van der Waals surface area contributed by atoms with Gasteiger partial charge >= 0.3 is 6.18 Å². The molecule has 0 amide bonds. The lowest BCUT2D eigenvalue weighted by atomic mass is 10.2. The zero-order valence-electron chi connectivity index (χ0n) is 13.2.